The molecule has 1 fully saturated rings. The van der Waals surface area contributed by atoms with Gasteiger partial charge in [0.25, 0.3) is 0 Å². The fraction of sp³-hybridized carbons (Fsp3) is 0.214. The number of aromatic nitrogens is 3. The van der Waals surface area contributed by atoms with Crippen LogP contribution in [0.2, 0.25) is 0 Å². The van der Waals surface area contributed by atoms with E-state index in [1.807, 2.05) is 37.3 Å². The van der Waals surface area contributed by atoms with Gasteiger partial charge in [0.2, 0.25) is 0 Å². The van der Waals surface area contributed by atoms with E-state index in [-0.39, 0.29) is 0 Å². The number of carbonyl (C=O) groups excluding carboxylic acids is 1. The zero-order valence-corrected chi connectivity index (χ0v) is 20.5. The van der Waals surface area contributed by atoms with Gasteiger partial charge >= 0.3 is 6.09 Å². The van der Waals surface area contributed by atoms with Crippen molar-refractivity contribution in [3.63, 3.8) is 0 Å². The molecule has 4 aromatic rings. The van der Waals surface area contributed by atoms with Crippen molar-refractivity contribution in [1.29, 1.82) is 0 Å². The molecular formula is C28H27N5O4. The van der Waals surface area contributed by atoms with E-state index in [4.69, 9.17) is 24.2 Å². The van der Waals surface area contributed by atoms with Crippen LogP contribution in [0.1, 0.15) is 6.92 Å². The van der Waals surface area contributed by atoms with E-state index in [9.17, 15) is 4.79 Å². The number of benzene rings is 2. The molecule has 0 spiro atoms. The average molecular weight is 498 g/mol. The van der Waals surface area contributed by atoms with Crippen molar-refractivity contribution in [2.45, 2.75) is 6.92 Å². The van der Waals surface area contributed by atoms with E-state index >= 15 is 0 Å². The minimum absolute atomic E-state index is 0.471. The van der Waals surface area contributed by atoms with E-state index in [1.54, 1.807) is 48.8 Å². The van der Waals surface area contributed by atoms with Crippen molar-refractivity contribution in [2.75, 3.05) is 43.1 Å². The van der Waals surface area contributed by atoms with Crippen LogP contribution in [-0.2, 0) is 4.74 Å². The van der Waals surface area contributed by atoms with E-state index in [1.165, 1.54) is 0 Å². The van der Waals surface area contributed by atoms with Crippen molar-refractivity contribution in [2.24, 2.45) is 0 Å². The molecule has 2 aromatic heterocycles. The van der Waals surface area contributed by atoms with Gasteiger partial charge in [-0.2, -0.15) is 0 Å². The number of morpholine rings is 1. The summed E-state index contributed by atoms with van der Waals surface area (Å²) in [7, 11) is 0. The topological polar surface area (TPSA) is 98.7 Å². The lowest BCUT2D eigenvalue weighted by atomic mass is 10.1. The maximum atomic E-state index is 12.3. The number of para-hydroxylation sites is 1. The second-order valence-corrected chi connectivity index (χ2v) is 8.22. The van der Waals surface area contributed by atoms with Crippen molar-refractivity contribution in [3.8, 4) is 34.1 Å². The summed E-state index contributed by atoms with van der Waals surface area (Å²) in [5.74, 6) is 2.39. The molecule has 9 nitrogen and oxygen atoms in total. The summed E-state index contributed by atoms with van der Waals surface area (Å²) in [5.41, 5.74) is 2.98. The van der Waals surface area contributed by atoms with Gasteiger partial charge in [0.1, 0.15) is 11.4 Å². The van der Waals surface area contributed by atoms with Crippen LogP contribution in [0.15, 0.2) is 79.1 Å². The third-order valence-electron chi connectivity index (χ3n) is 5.74. The Morgan fingerprint density at radius 3 is 2.38 bits per heavy atom. The minimum atomic E-state index is -0.564. The maximum absolute atomic E-state index is 12.3. The summed E-state index contributed by atoms with van der Waals surface area (Å²) < 4.78 is 17.0. The monoisotopic (exact) mass is 497 g/mol. The zero-order valence-electron chi connectivity index (χ0n) is 20.5. The number of nitrogens with one attached hydrogen (secondary N) is 1. The van der Waals surface area contributed by atoms with Crippen LogP contribution in [-0.4, -0.2) is 54.0 Å². The Morgan fingerprint density at radius 1 is 0.946 bits per heavy atom. The minimum Gasteiger partial charge on any atom is -0.488 e. The number of hydrogen-bond donors (Lipinski definition) is 1. The molecule has 0 aliphatic carbocycles. The Morgan fingerprint density at radius 2 is 1.68 bits per heavy atom. The molecule has 1 aliphatic rings. The van der Waals surface area contributed by atoms with Crippen molar-refractivity contribution in [1.82, 2.24) is 15.0 Å². The Labute approximate surface area is 215 Å². The van der Waals surface area contributed by atoms with E-state index in [0.717, 1.165) is 16.9 Å². The predicted octanol–water partition coefficient (Wildman–Crippen LogP) is 5.05. The average Bonchev–Trinajstić information content (AvgIpc) is 2.95. The van der Waals surface area contributed by atoms with Gasteiger partial charge in [0, 0.05) is 42.3 Å². The van der Waals surface area contributed by atoms with Gasteiger partial charge in [-0.05, 0) is 55.5 Å². The lowest BCUT2D eigenvalue weighted by Crippen LogP contribution is -2.37. The maximum Gasteiger partial charge on any atom is 0.417 e. The summed E-state index contributed by atoms with van der Waals surface area (Å²) in [6.07, 6.45) is 2.90. The first-order chi connectivity index (χ1) is 18.2. The number of nitrogens with zero attached hydrogens (tertiary/aromatic N) is 4. The number of anilines is 2. The third-order valence-corrected chi connectivity index (χ3v) is 5.74. The van der Waals surface area contributed by atoms with Crippen LogP contribution >= 0.6 is 0 Å². The van der Waals surface area contributed by atoms with Crippen LogP contribution in [0.3, 0.4) is 0 Å². The van der Waals surface area contributed by atoms with Crippen molar-refractivity contribution in [3.05, 3.63) is 79.1 Å². The lowest BCUT2D eigenvalue weighted by molar-refractivity contribution is 0.122. The molecule has 0 radical (unpaired) electrons. The molecule has 3 heterocycles. The number of hydrogen-bond acceptors (Lipinski definition) is 8. The van der Waals surface area contributed by atoms with Gasteiger partial charge in [-0.3, -0.25) is 10.3 Å². The quantitative estimate of drug-likeness (QED) is 0.379. The predicted molar refractivity (Wildman–Crippen MR) is 141 cm³/mol. The Balaban J connectivity index is 1.46. The van der Waals surface area contributed by atoms with E-state index < -0.39 is 6.09 Å². The SMILES string of the molecule is CCOc1c(-c2ccncc2)nc(-c2ccc(NC(=O)Oc3ccccc3)cc2)nc1N1CCOCC1. The molecular weight excluding hydrogens is 470 g/mol. The first-order valence-electron chi connectivity index (χ1n) is 12.1. The number of amides is 1. The van der Waals surface area contributed by atoms with Gasteiger partial charge in [-0.15, -0.1) is 0 Å². The second kappa shape index (κ2) is 11.5. The van der Waals surface area contributed by atoms with Crippen LogP contribution in [0.4, 0.5) is 16.3 Å². The van der Waals surface area contributed by atoms with Gasteiger partial charge in [0.05, 0.1) is 19.8 Å². The summed E-state index contributed by atoms with van der Waals surface area (Å²) in [6, 6.07) is 20.0. The summed E-state index contributed by atoms with van der Waals surface area (Å²) in [6.45, 7) is 5.08. The molecule has 1 N–H and O–H groups in total. The highest BCUT2D eigenvalue weighted by atomic mass is 16.6. The Bertz CT molecular complexity index is 1330. The first kappa shape index (κ1) is 24.2. The molecule has 188 valence electrons. The van der Waals surface area contributed by atoms with Crippen LogP contribution < -0.4 is 19.7 Å². The van der Waals surface area contributed by atoms with E-state index in [0.29, 0.717) is 61.6 Å². The van der Waals surface area contributed by atoms with Crippen molar-refractivity contribution < 1.29 is 19.0 Å². The molecule has 1 saturated heterocycles. The Kier molecular flexibility index (Phi) is 7.52. The molecule has 5 rings (SSSR count). The highest BCUT2D eigenvalue weighted by Gasteiger charge is 2.24. The van der Waals surface area contributed by atoms with Gasteiger partial charge < -0.3 is 19.1 Å². The van der Waals surface area contributed by atoms with Gasteiger partial charge in [-0.25, -0.2) is 14.8 Å². The summed E-state index contributed by atoms with van der Waals surface area (Å²) in [5, 5.41) is 2.74. The number of pyridine rings is 1. The molecule has 0 saturated carbocycles. The van der Waals surface area contributed by atoms with Gasteiger partial charge in [-0.1, -0.05) is 18.2 Å². The number of carbonyl (C=O) groups is 1. The highest BCUT2D eigenvalue weighted by Crippen LogP contribution is 2.38. The molecule has 37 heavy (non-hydrogen) atoms. The van der Waals surface area contributed by atoms with Crippen LogP contribution in [0.5, 0.6) is 11.5 Å². The second-order valence-electron chi connectivity index (χ2n) is 8.22. The fourth-order valence-corrected chi connectivity index (χ4v) is 3.98. The molecule has 0 atom stereocenters. The number of rotatable bonds is 7. The molecule has 1 amide bonds. The smallest absolute Gasteiger partial charge is 0.417 e. The lowest BCUT2D eigenvalue weighted by Gasteiger charge is -2.30. The molecule has 2 aromatic carbocycles. The zero-order chi connectivity index (χ0) is 25.5. The fourth-order valence-electron chi connectivity index (χ4n) is 3.98. The van der Waals surface area contributed by atoms with Crippen LogP contribution in [0.25, 0.3) is 22.6 Å². The Hall–Kier alpha value is -4.50. The molecule has 0 bridgehead atoms. The standard InChI is InChI=1S/C28H27N5O4/c1-2-36-25-24(20-12-14-29-15-13-20)31-26(32-27(25)33-16-18-35-19-17-33)21-8-10-22(11-9-21)30-28(34)37-23-6-4-3-5-7-23/h3-15H,2,16-19H2,1H3,(H,30,34). The molecule has 1 aliphatic heterocycles. The van der Waals surface area contributed by atoms with Gasteiger partial charge in [0.15, 0.2) is 17.4 Å². The number of ether oxygens (including phenoxy) is 3. The molecule has 0 unspecified atom stereocenters. The van der Waals surface area contributed by atoms with Crippen molar-refractivity contribution >= 4 is 17.6 Å². The summed E-state index contributed by atoms with van der Waals surface area (Å²) in [4.78, 5) is 28.4. The van der Waals surface area contributed by atoms with E-state index in [2.05, 4.69) is 15.2 Å². The summed E-state index contributed by atoms with van der Waals surface area (Å²) >= 11 is 0. The third kappa shape index (κ3) is 5.84. The first-order valence-corrected chi connectivity index (χ1v) is 12.1. The largest absolute Gasteiger partial charge is 0.488 e. The van der Waals surface area contributed by atoms with Crippen LogP contribution in [0, 0.1) is 0 Å². The normalized spacial score (nSPS) is 13.2. The molecule has 9 heteroatoms. The highest BCUT2D eigenvalue weighted by molar-refractivity contribution is 5.86.